The number of nitrogens with one attached hydrogen (secondary N) is 1. The van der Waals surface area contributed by atoms with Gasteiger partial charge in [-0.2, -0.15) is 0 Å². The van der Waals surface area contributed by atoms with E-state index in [-0.39, 0.29) is 17.3 Å². The Labute approximate surface area is 152 Å². The molecule has 0 bridgehead atoms. The number of amides is 1. The van der Waals surface area contributed by atoms with Gasteiger partial charge in [-0.3, -0.25) is 9.10 Å². The first-order valence-corrected chi connectivity index (χ1v) is 9.95. The van der Waals surface area contributed by atoms with Crippen LogP contribution in [0.5, 0.6) is 0 Å². The summed E-state index contributed by atoms with van der Waals surface area (Å²) < 4.78 is 27.2. The van der Waals surface area contributed by atoms with Crippen LogP contribution in [0, 0.1) is 0 Å². The second-order valence-corrected chi connectivity index (χ2v) is 8.14. The third-order valence-electron chi connectivity index (χ3n) is 4.11. The van der Waals surface area contributed by atoms with Crippen molar-refractivity contribution in [1.29, 1.82) is 0 Å². The molecule has 7 heteroatoms. The largest absolute Gasteiger partial charge is 0.355 e. The molecule has 1 heterocycles. The molecule has 0 aliphatic carbocycles. The van der Waals surface area contributed by atoms with E-state index in [0.29, 0.717) is 28.4 Å². The van der Waals surface area contributed by atoms with Crippen LogP contribution >= 0.6 is 11.6 Å². The third-order valence-corrected chi connectivity index (χ3v) is 6.17. The zero-order valence-corrected chi connectivity index (χ0v) is 15.4. The van der Waals surface area contributed by atoms with Crippen molar-refractivity contribution in [3.05, 3.63) is 47.5 Å². The SMILES string of the molecule is CCCCNC(=O)CN1c2ccc(Cl)cc2-c2ccccc2S1(=O)=O. The summed E-state index contributed by atoms with van der Waals surface area (Å²) in [6, 6.07) is 11.8. The summed E-state index contributed by atoms with van der Waals surface area (Å²) in [5.41, 5.74) is 1.77. The number of sulfonamides is 1. The zero-order chi connectivity index (χ0) is 18.0. The minimum Gasteiger partial charge on any atom is -0.355 e. The molecule has 0 atom stereocenters. The van der Waals surface area contributed by atoms with Crippen molar-refractivity contribution >= 4 is 33.2 Å². The Kier molecular flexibility index (Phi) is 5.01. The van der Waals surface area contributed by atoms with E-state index < -0.39 is 10.0 Å². The Morgan fingerprint density at radius 3 is 2.68 bits per heavy atom. The molecule has 1 aliphatic rings. The molecule has 0 spiro atoms. The highest BCUT2D eigenvalue weighted by molar-refractivity contribution is 7.93. The lowest BCUT2D eigenvalue weighted by Gasteiger charge is -2.31. The highest BCUT2D eigenvalue weighted by Crippen LogP contribution is 2.43. The number of nitrogens with zero attached hydrogens (tertiary/aromatic N) is 1. The molecule has 1 aliphatic heterocycles. The number of carbonyl (C=O) groups is 1. The fourth-order valence-electron chi connectivity index (χ4n) is 2.86. The molecule has 0 aromatic heterocycles. The Balaban J connectivity index is 2.03. The quantitative estimate of drug-likeness (QED) is 0.810. The lowest BCUT2D eigenvalue weighted by Crippen LogP contribution is -2.42. The Morgan fingerprint density at radius 1 is 1.16 bits per heavy atom. The summed E-state index contributed by atoms with van der Waals surface area (Å²) in [4.78, 5) is 12.4. The molecule has 5 nitrogen and oxygen atoms in total. The molecule has 1 amide bonds. The Hall–Kier alpha value is -2.05. The predicted molar refractivity (Wildman–Crippen MR) is 99.3 cm³/mol. The summed E-state index contributed by atoms with van der Waals surface area (Å²) in [5, 5.41) is 3.28. The van der Waals surface area contributed by atoms with Crippen molar-refractivity contribution in [3.8, 4) is 11.1 Å². The smallest absolute Gasteiger partial charge is 0.265 e. The minimum absolute atomic E-state index is 0.186. The lowest BCUT2D eigenvalue weighted by molar-refractivity contribution is -0.119. The van der Waals surface area contributed by atoms with Gasteiger partial charge >= 0.3 is 0 Å². The van der Waals surface area contributed by atoms with Crippen LogP contribution in [0.3, 0.4) is 0 Å². The molecular weight excluding hydrogens is 360 g/mol. The highest BCUT2D eigenvalue weighted by Gasteiger charge is 2.35. The Bertz CT molecular complexity index is 912. The average Bonchev–Trinajstić information content (AvgIpc) is 2.59. The summed E-state index contributed by atoms with van der Waals surface area (Å²) in [6.07, 6.45) is 1.81. The molecule has 0 fully saturated rings. The number of hydrogen-bond acceptors (Lipinski definition) is 3. The van der Waals surface area contributed by atoms with Crippen LogP contribution in [-0.2, 0) is 14.8 Å². The van der Waals surface area contributed by atoms with Gasteiger partial charge in [0.25, 0.3) is 10.0 Å². The maximum atomic E-state index is 13.0. The fraction of sp³-hybridized carbons (Fsp3) is 0.278. The molecule has 0 radical (unpaired) electrons. The van der Waals surface area contributed by atoms with E-state index in [2.05, 4.69) is 5.32 Å². The fourth-order valence-corrected chi connectivity index (χ4v) is 4.69. The standard InChI is InChI=1S/C18H19ClN2O3S/c1-2-3-10-20-18(22)12-21-16-9-8-13(19)11-15(16)14-6-4-5-7-17(14)25(21,23)24/h4-9,11H,2-3,10,12H2,1H3,(H,20,22). The summed E-state index contributed by atoms with van der Waals surface area (Å²) in [5.74, 6) is -0.322. The number of anilines is 1. The molecule has 132 valence electrons. The van der Waals surface area contributed by atoms with Crippen molar-refractivity contribution < 1.29 is 13.2 Å². The highest BCUT2D eigenvalue weighted by atomic mass is 35.5. The van der Waals surface area contributed by atoms with Crippen LogP contribution < -0.4 is 9.62 Å². The maximum absolute atomic E-state index is 13.0. The lowest BCUT2D eigenvalue weighted by atomic mass is 10.0. The van der Waals surface area contributed by atoms with E-state index in [1.165, 1.54) is 0 Å². The first-order valence-electron chi connectivity index (χ1n) is 8.13. The van der Waals surface area contributed by atoms with Gasteiger partial charge in [-0.15, -0.1) is 0 Å². The zero-order valence-electron chi connectivity index (χ0n) is 13.8. The summed E-state index contributed by atoms with van der Waals surface area (Å²) in [6.45, 7) is 2.31. The van der Waals surface area contributed by atoms with Crippen LogP contribution in [0.4, 0.5) is 5.69 Å². The first kappa shape index (κ1) is 17.8. The van der Waals surface area contributed by atoms with Gasteiger partial charge in [0, 0.05) is 22.7 Å². The topological polar surface area (TPSA) is 66.5 Å². The monoisotopic (exact) mass is 378 g/mol. The number of benzene rings is 2. The van der Waals surface area contributed by atoms with E-state index in [1.54, 1.807) is 42.5 Å². The van der Waals surface area contributed by atoms with Gasteiger partial charge in [0.2, 0.25) is 5.91 Å². The molecule has 2 aromatic carbocycles. The Morgan fingerprint density at radius 2 is 1.92 bits per heavy atom. The number of halogens is 1. The second kappa shape index (κ2) is 7.06. The van der Waals surface area contributed by atoms with Gasteiger partial charge in [0.1, 0.15) is 6.54 Å². The first-order chi connectivity index (χ1) is 11.9. The van der Waals surface area contributed by atoms with Crippen LogP contribution in [0.15, 0.2) is 47.4 Å². The van der Waals surface area contributed by atoms with Gasteiger partial charge in [-0.1, -0.05) is 43.1 Å². The average molecular weight is 379 g/mol. The van der Waals surface area contributed by atoms with Gasteiger partial charge in [-0.05, 0) is 30.7 Å². The number of hydrogen-bond donors (Lipinski definition) is 1. The summed E-state index contributed by atoms with van der Waals surface area (Å²) in [7, 11) is -3.81. The summed E-state index contributed by atoms with van der Waals surface area (Å²) >= 11 is 6.10. The molecule has 0 saturated carbocycles. The van der Waals surface area contributed by atoms with E-state index >= 15 is 0 Å². The molecule has 0 saturated heterocycles. The van der Waals surface area contributed by atoms with Crippen molar-refractivity contribution in [2.45, 2.75) is 24.7 Å². The molecule has 0 unspecified atom stereocenters. The van der Waals surface area contributed by atoms with E-state index in [0.717, 1.165) is 17.1 Å². The molecule has 2 aromatic rings. The van der Waals surface area contributed by atoms with Crippen molar-refractivity contribution in [2.75, 3.05) is 17.4 Å². The second-order valence-electron chi connectivity index (χ2n) is 5.87. The van der Waals surface area contributed by atoms with Gasteiger partial charge in [0.15, 0.2) is 0 Å². The van der Waals surface area contributed by atoms with Crippen LogP contribution in [0.2, 0.25) is 5.02 Å². The van der Waals surface area contributed by atoms with Crippen LogP contribution in [0.25, 0.3) is 11.1 Å². The van der Waals surface area contributed by atoms with Crippen LogP contribution in [-0.4, -0.2) is 27.4 Å². The van der Waals surface area contributed by atoms with Crippen molar-refractivity contribution in [2.24, 2.45) is 0 Å². The van der Waals surface area contributed by atoms with Crippen molar-refractivity contribution in [3.63, 3.8) is 0 Å². The van der Waals surface area contributed by atoms with E-state index in [1.807, 2.05) is 6.92 Å². The number of fused-ring (bicyclic) bond motifs is 3. The molecular formula is C18H19ClN2O3S. The van der Waals surface area contributed by atoms with Gasteiger partial charge in [0.05, 0.1) is 10.6 Å². The number of rotatable bonds is 5. The predicted octanol–water partition coefficient (Wildman–Crippen LogP) is 3.43. The number of carbonyl (C=O) groups excluding carboxylic acids is 1. The minimum atomic E-state index is -3.81. The van der Waals surface area contributed by atoms with E-state index in [4.69, 9.17) is 11.6 Å². The third kappa shape index (κ3) is 3.37. The van der Waals surface area contributed by atoms with Crippen molar-refractivity contribution in [1.82, 2.24) is 5.32 Å². The molecule has 25 heavy (non-hydrogen) atoms. The molecule has 1 N–H and O–H groups in total. The normalized spacial score (nSPS) is 14.6. The number of unbranched alkanes of at least 4 members (excludes halogenated alkanes) is 1. The van der Waals surface area contributed by atoms with E-state index in [9.17, 15) is 13.2 Å². The molecule has 3 rings (SSSR count). The van der Waals surface area contributed by atoms with Gasteiger partial charge in [-0.25, -0.2) is 8.42 Å². The van der Waals surface area contributed by atoms with Crippen LogP contribution in [0.1, 0.15) is 19.8 Å². The maximum Gasteiger partial charge on any atom is 0.265 e. The van der Waals surface area contributed by atoms with Gasteiger partial charge < -0.3 is 5.32 Å².